The molecule has 1 aliphatic carbocycles. The Morgan fingerprint density at radius 3 is 2.51 bits per heavy atom. The number of fused-ring (bicyclic) bond motifs is 1. The average Bonchev–Trinajstić information content (AvgIpc) is 3.71. The Bertz CT molecular complexity index is 1980. The number of rotatable bonds is 6. The fraction of sp³-hybridized carbons (Fsp3) is 0.343. The van der Waals surface area contributed by atoms with Crippen LogP contribution in [0.2, 0.25) is 0 Å². The van der Waals surface area contributed by atoms with Crippen LogP contribution in [0.4, 0.5) is 11.4 Å². The van der Waals surface area contributed by atoms with E-state index in [1.165, 1.54) is 0 Å². The van der Waals surface area contributed by atoms with Gasteiger partial charge in [0.05, 0.1) is 40.4 Å². The first-order chi connectivity index (χ1) is 22.5. The Hall–Kier alpha value is -5.75. The van der Waals surface area contributed by atoms with Crippen molar-refractivity contribution in [3.8, 4) is 17.9 Å². The molecule has 1 aromatic heterocycles. The summed E-state index contributed by atoms with van der Waals surface area (Å²) in [6.45, 7) is 4.81. The smallest absolute Gasteiger partial charge is 0.262 e. The van der Waals surface area contributed by atoms with Gasteiger partial charge in [0.25, 0.3) is 17.7 Å². The van der Waals surface area contributed by atoms with Crippen LogP contribution in [0.25, 0.3) is 0 Å². The first-order valence-corrected chi connectivity index (χ1v) is 15.6. The standard InChI is InChI=1S/C35H31N7O5/c1-35(2,34(47)38-24-8-7-23(15-36)27(13-24)22-5-6-22)41-19-20(16-37-41)3-4-21-17-40(18-21)25-9-10-26-28(14-25)33(46)42(32(26)45)29-11-12-30(43)39-31(29)44/h7-10,13-14,16,19,21-22,29H,5-6,11-12,17-18H2,1-2H3,(H,38,47)(H,39,43,44). The Kier molecular flexibility index (Phi) is 7.16. The zero-order chi connectivity index (χ0) is 33.0. The molecular formula is C35H31N7O5. The van der Waals surface area contributed by atoms with Crippen molar-refractivity contribution >= 4 is 40.9 Å². The molecule has 2 saturated heterocycles. The lowest BCUT2D eigenvalue weighted by atomic mass is 9.98. The van der Waals surface area contributed by atoms with Gasteiger partial charge in [-0.05, 0) is 81.0 Å². The van der Waals surface area contributed by atoms with E-state index in [4.69, 9.17) is 0 Å². The van der Waals surface area contributed by atoms with Gasteiger partial charge < -0.3 is 10.2 Å². The number of amides is 5. The largest absolute Gasteiger partial charge is 0.369 e. The molecular weight excluding hydrogens is 598 g/mol. The van der Waals surface area contributed by atoms with E-state index in [1.54, 1.807) is 61.3 Å². The van der Waals surface area contributed by atoms with Crippen molar-refractivity contribution in [2.75, 3.05) is 23.3 Å². The summed E-state index contributed by atoms with van der Waals surface area (Å²) in [6.07, 6.45) is 5.66. The maximum absolute atomic E-state index is 13.3. The second-order valence-electron chi connectivity index (χ2n) is 12.9. The minimum Gasteiger partial charge on any atom is -0.369 e. The highest BCUT2D eigenvalue weighted by Crippen LogP contribution is 2.42. The van der Waals surface area contributed by atoms with Crippen LogP contribution >= 0.6 is 0 Å². The fourth-order valence-electron chi connectivity index (χ4n) is 6.18. The van der Waals surface area contributed by atoms with Crippen LogP contribution < -0.4 is 15.5 Å². The summed E-state index contributed by atoms with van der Waals surface area (Å²) in [7, 11) is 0. The number of nitrogens with one attached hydrogen (secondary N) is 2. The van der Waals surface area contributed by atoms with Crippen molar-refractivity contribution in [3.63, 3.8) is 0 Å². The van der Waals surface area contributed by atoms with Gasteiger partial charge in [0.2, 0.25) is 11.8 Å². The molecule has 7 rings (SSSR count). The maximum Gasteiger partial charge on any atom is 0.262 e. The molecule has 5 amide bonds. The van der Waals surface area contributed by atoms with Crippen LogP contribution in [0.5, 0.6) is 0 Å². The van der Waals surface area contributed by atoms with E-state index < -0.39 is 35.2 Å². The Balaban J connectivity index is 0.969. The molecule has 1 atom stereocenters. The third kappa shape index (κ3) is 5.42. The van der Waals surface area contributed by atoms with Crippen LogP contribution in [0, 0.1) is 29.1 Å². The van der Waals surface area contributed by atoms with Gasteiger partial charge in [0.1, 0.15) is 11.6 Å². The SMILES string of the molecule is CC(C)(C(=O)Nc1ccc(C#N)c(C2CC2)c1)n1cc(C#CC2CN(c3ccc4c(c3)C(=O)N(C3CCC(=O)NC3=O)C4=O)C2)cn1. The summed E-state index contributed by atoms with van der Waals surface area (Å²) in [6, 6.07) is 11.7. The number of carbonyl (C=O) groups excluding carboxylic acids is 5. The predicted molar refractivity (Wildman–Crippen MR) is 169 cm³/mol. The quantitative estimate of drug-likeness (QED) is 0.311. The Morgan fingerprint density at radius 2 is 1.79 bits per heavy atom. The van der Waals surface area contributed by atoms with Crippen LogP contribution in [-0.4, -0.2) is 63.3 Å². The number of nitriles is 1. The minimum atomic E-state index is -1.00. The zero-order valence-corrected chi connectivity index (χ0v) is 25.9. The number of nitrogens with zero attached hydrogens (tertiary/aromatic N) is 5. The molecule has 0 spiro atoms. The van der Waals surface area contributed by atoms with E-state index >= 15 is 0 Å². The van der Waals surface area contributed by atoms with Crippen molar-refractivity contribution in [2.45, 2.75) is 57.0 Å². The van der Waals surface area contributed by atoms with E-state index in [0.29, 0.717) is 35.8 Å². The van der Waals surface area contributed by atoms with Crippen LogP contribution in [-0.2, 0) is 19.9 Å². The average molecular weight is 630 g/mol. The number of piperidine rings is 1. The van der Waals surface area contributed by atoms with Crippen molar-refractivity contribution in [3.05, 3.63) is 76.6 Å². The lowest BCUT2D eigenvalue weighted by Gasteiger charge is -2.38. The molecule has 12 nitrogen and oxygen atoms in total. The Morgan fingerprint density at radius 1 is 1.02 bits per heavy atom. The first-order valence-electron chi connectivity index (χ1n) is 15.6. The number of hydrogen-bond donors (Lipinski definition) is 2. The lowest BCUT2D eigenvalue weighted by Crippen LogP contribution is -2.54. The third-order valence-corrected chi connectivity index (χ3v) is 9.25. The highest BCUT2D eigenvalue weighted by atomic mass is 16.2. The number of anilines is 2. The van der Waals surface area contributed by atoms with E-state index in [0.717, 1.165) is 29.0 Å². The highest BCUT2D eigenvalue weighted by Gasteiger charge is 2.45. The van der Waals surface area contributed by atoms with Gasteiger partial charge in [-0.3, -0.25) is 38.9 Å². The van der Waals surface area contributed by atoms with E-state index in [1.807, 2.05) is 6.07 Å². The van der Waals surface area contributed by atoms with Gasteiger partial charge in [0.15, 0.2) is 0 Å². The summed E-state index contributed by atoms with van der Waals surface area (Å²) >= 11 is 0. The molecule has 3 fully saturated rings. The first kappa shape index (κ1) is 29.9. The Labute approximate surface area is 270 Å². The molecule has 2 aromatic carbocycles. The third-order valence-electron chi connectivity index (χ3n) is 9.25. The van der Waals surface area contributed by atoms with Crippen molar-refractivity contribution in [1.29, 1.82) is 5.26 Å². The highest BCUT2D eigenvalue weighted by molar-refractivity contribution is 6.23. The van der Waals surface area contributed by atoms with E-state index in [2.05, 4.69) is 38.5 Å². The number of imide groups is 2. The number of aromatic nitrogens is 2. The summed E-state index contributed by atoms with van der Waals surface area (Å²) in [5.74, 6) is 4.50. The van der Waals surface area contributed by atoms with Crippen LogP contribution in [0.15, 0.2) is 48.8 Å². The van der Waals surface area contributed by atoms with Crippen LogP contribution in [0.3, 0.4) is 0 Å². The molecule has 4 heterocycles. The summed E-state index contributed by atoms with van der Waals surface area (Å²) in [4.78, 5) is 66.3. The van der Waals surface area contributed by atoms with Gasteiger partial charge in [-0.2, -0.15) is 10.4 Å². The van der Waals surface area contributed by atoms with Crippen molar-refractivity contribution in [1.82, 2.24) is 20.0 Å². The van der Waals surface area contributed by atoms with E-state index in [-0.39, 0.29) is 35.8 Å². The molecule has 3 aromatic rings. The molecule has 3 aliphatic heterocycles. The molecule has 4 aliphatic rings. The van der Waals surface area contributed by atoms with Gasteiger partial charge in [-0.15, -0.1) is 0 Å². The number of carbonyl (C=O) groups is 5. The molecule has 1 unspecified atom stereocenters. The summed E-state index contributed by atoms with van der Waals surface area (Å²) in [5.41, 5.74) is 3.21. The lowest BCUT2D eigenvalue weighted by molar-refractivity contribution is -0.136. The minimum absolute atomic E-state index is 0.0669. The topological polar surface area (TPSA) is 158 Å². The number of benzene rings is 2. The molecule has 1 saturated carbocycles. The zero-order valence-electron chi connectivity index (χ0n) is 25.9. The van der Waals surface area contributed by atoms with Gasteiger partial charge in [-0.1, -0.05) is 11.8 Å². The second-order valence-corrected chi connectivity index (χ2v) is 12.9. The maximum atomic E-state index is 13.3. The van der Waals surface area contributed by atoms with Crippen molar-refractivity contribution < 1.29 is 24.0 Å². The van der Waals surface area contributed by atoms with Gasteiger partial charge in [-0.25, -0.2) is 0 Å². The van der Waals surface area contributed by atoms with E-state index in [9.17, 15) is 29.2 Å². The molecule has 47 heavy (non-hydrogen) atoms. The van der Waals surface area contributed by atoms with Crippen molar-refractivity contribution in [2.24, 2.45) is 5.92 Å². The molecule has 12 heteroatoms. The van der Waals surface area contributed by atoms with Gasteiger partial charge in [0, 0.05) is 37.1 Å². The summed E-state index contributed by atoms with van der Waals surface area (Å²) < 4.78 is 1.59. The fourth-order valence-corrected chi connectivity index (χ4v) is 6.18. The number of hydrogen-bond acceptors (Lipinski definition) is 8. The predicted octanol–water partition coefficient (Wildman–Crippen LogP) is 2.90. The summed E-state index contributed by atoms with van der Waals surface area (Å²) in [5, 5.41) is 19.0. The van der Waals surface area contributed by atoms with Crippen LogP contribution in [0.1, 0.15) is 82.9 Å². The van der Waals surface area contributed by atoms with Gasteiger partial charge >= 0.3 is 0 Å². The normalized spacial score (nSPS) is 19.4. The monoisotopic (exact) mass is 629 g/mol. The molecule has 236 valence electrons. The molecule has 0 radical (unpaired) electrons. The molecule has 2 N–H and O–H groups in total. The second kappa shape index (κ2) is 11.2. The molecule has 0 bridgehead atoms.